The first-order chi connectivity index (χ1) is 9.60. The van der Waals surface area contributed by atoms with Crippen molar-refractivity contribution in [1.82, 2.24) is 0 Å². The van der Waals surface area contributed by atoms with Crippen molar-refractivity contribution in [1.29, 1.82) is 0 Å². The minimum absolute atomic E-state index is 0.551. The Morgan fingerprint density at radius 1 is 1.15 bits per heavy atom. The highest BCUT2D eigenvalue weighted by molar-refractivity contribution is 5.98. The molecule has 0 spiro atoms. The molecule has 20 heavy (non-hydrogen) atoms. The van der Waals surface area contributed by atoms with E-state index in [0.29, 0.717) is 12.3 Å². The number of nitrogens with zero attached hydrogens (tertiary/aromatic N) is 1. The fourth-order valence-corrected chi connectivity index (χ4v) is 2.06. The summed E-state index contributed by atoms with van der Waals surface area (Å²) in [6, 6.07) is 14.0. The molecule has 0 saturated heterocycles. The van der Waals surface area contributed by atoms with Crippen LogP contribution >= 0.6 is 0 Å². The third-order valence-electron chi connectivity index (χ3n) is 3.22. The zero-order valence-corrected chi connectivity index (χ0v) is 12.1. The fourth-order valence-electron chi connectivity index (χ4n) is 2.06. The number of rotatable bonds is 4. The molecule has 3 nitrogen and oxygen atoms in total. The first-order valence-corrected chi connectivity index (χ1v) is 6.58. The van der Waals surface area contributed by atoms with Crippen LogP contribution in [-0.4, -0.2) is 10.9 Å². The van der Waals surface area contributed by atoms with Crippen LogP contribution in [0.15, 0.2) is 47.6 Å². The summed E-state index contributed by atoms with van der Waals surface area (Å²) in [6.07, 6.45) is 0. The Kier molecular flexibility index (Phi) is 4.41. The lowest BCUT2D eigenvalue weighted by Crippen LogP contribution is -2.00. The highest BCUT2D eigenvalue weighted by Gasteiger charge is 2.04. The standard InChI is InChI=1S/C17H19NO2/c1-12-5-4-6-15(9-12)11-20-17-8-7-16(10-13(17)2)14(3)18-19/h4-10,19H,11H2,1-3H3/b18-14+. The average molecular weight is 269 g/mol. The fraction of sp³-hybridized carbons (Fsp3) is 0.235. The molecule has 1 N–H and O–H groups in total. The van der Waals surface area contributed by atoms with Crippen LogP contribution < -0.4 is 4.74 Å². The summed E-state index contributed by atoms with van der Waals surface area (Å²) in [5.41, 5.74) is 4.90. The summed E-state index contributed by atoms with van der Waals surface area (Å²) in [5, 5.41) is 12.0. The van der Waals surface area contributed by atoms with E-state index in [2.05, 4.69) is 30.3 Å². The highest BCUT2D eigenvalue weighted by atomic mass is 16.5. The molecule has 0 radical (unpaired) electrons. The van der Waals surface area contributed by atoms with Gasteiger partial charge in [0.05, 0.1) is 5.71 Å². The molecule has 0 saturated carbocycles. The molecule has 2 rings (SSSR count). The third kappa shape index (κ3) is 3.38. The van der Waals surface area contributed by atoms with Crippen LogP contribution in [-0.2, 0) is 6.61 Å². The smallest absolute Gasteiger partial charge is 0.122 e. The van der Waals surface area contributed by atoms with Crippen LogP contribution in [0.25, 0.3) is 0 Å². The summed E-state index contributed by atoms with van der Waals surface area (Å²) in [5.74, 6) is 0.848. The maximum Gasteiger partial charge on any atom is 0.122 e. The van der Waals surface area contributed by atoms with Crippen LogP contribution in [0.2, 0.25) is 0 Å². The van der Waals surface area contributed by atoms with Gasteiger partial charge < -0.3 is 9.94 Å². The molecule has 0 aromatic heterocycles. The Bertz CT molecular complexity index is 633. The molecule has 0 amide bonds. The molecule has 2 aromatic rings. The molecule has 104 valence electrons. The van der Waals surface area contributed by atoms with E-state index < -0.39 is 0 Å². The molecule has 0 unspecified atom stereocenters. The second kappa shape index (κ2) is 6.24. The Hall–Kier alpha value is -2.29. The van der Waals surface area contributed by atoms with Crippen molar-refractivity contribution in [3.05, 3.63) is 64.7 Å². The summed E-state index contributed by atoms with van der Waals surface area (Å²) >= 11 is 0. The van der Waals surface area contributed by atoms with Crippen LogP contribution in [0.4, 0.5) is 0 Å². The molecular formula is C17H19NO2. The van der Waals surface area contributed by atoms with Gasteiger partial charge in [-0.05, 0) is 55.7 Å². The molecule has 2 aromatic carbocycles. The van der Waals surface area contributed by atoms with E-state index in [0.717, 1.165) is 22.4 Å². The lowest BCUT2D eigenvalue weighted by molar-refractivity contribution is 0.304. The molecule has 0 aliphatic rings. The first-order valence-electron chi connectivity index (χ1n) is 6.58. The van der Waals surface area contributed by atoms with Crippen molar-refractivity contribution in [3.63, 3.8) is 0 Å². The van der Waals surface area contributed by atoms with Crippen molar-refractivity contribution < 1.29 is 9.94 Å². The Labute approximate surface area is 119 Å². The molecule has 0 bridgehead atoms. The number of hydrogen-bond acceptors (Lipinski definition) is 3. The summed E-state index contributed by atoms with van der Waals surface area (Å²) in [6.45, 7) is 6.37. The minimum Gasteiger partial charge on any atom is -0.489 e. The van der Waals surface area contributed by atoms with Crippen molar-refractivity contribution in [2.24, 2.45) is 5.16 Å². The van der Waals surface area contributed by atoms with Gasteiger partial charge >= 0.3 is 0 Å². The molecule has 3 heteroatoms. The van der Waals surface area contributed by atoms with Gasteiger partial charge in [-0.3, -0.25) is 0 Å². The Morgan fingerprint density at radius 3 is 2.60 bits per heavy atom. The molecular weight excluding hydrogens is 250 g/mol. The lowest BCUT2D eigenvalue weighted by Gasteiger charge is -2.11. The van der Waals surface area contributed by atoms with Crippen molar-refractivity contribution in [2.45, 2.75) is 27.4 Å². The van der Waals surface area contributed by atoms with Crippen LogP contribution in [0.5, 0.6) is 5.75 Å². The number of oxime groups is 1. The second-order valence-corrected chi connectivity index (χ2v) is 4.94. The normalized spacial score (nSPS) is 11.4. The summed E-state index contributed by atoms with van der Waals surface area (Å²) in [7, 11) is 0. The first kappa shape index (κ1) is 14.1. The molecule has 0 aliphatic carbocycles. The van der Waals surface area contributed by atoms with Gasteiger partial charge in [-0.1, -0.05) is 35.0 Å². The molecule has 0 aliphatic heterocycles. The van der Waals surface area contributed by atoms with Crippen molar-refractivity contribution in [3.8, 4) is 5.75 Å². The topological polar surface area (TPSA) is 41.8 Å². The average Bonchev–Trinajstić information content (AvgIpc) is 2.45. The monoisotopic (exact) mass is 269 g/mol. The number of aryl methyl sites for hydroxylation is 2. The van der Waals surface area contributed by atoms with Crippen LogP contribution in [0.1, 0.15) is 29.2 Å². The van der Waals surface area contributed by atoms with Gasteiger partial charge in [0.1, 0.15) is 12.4 Å². The van der Waals surface area contributed by atoms with Gasteiger partial charge in [-0.2, -0.15) is 0 Å². The van der Waals surface area contributed by atoms with Crippen molar-refractivity contribution >= 4 is 5.71 Å². The number of benzene rings is 2. The van der Waals surface area contributed by atoms with Gasteiger partial charge in [-0.25, -0.2) is 0 Å². The Morgan fingerprint density at radius 2 is 1.95 bits per heavy atom. The van der Waals surface area contributed by atoms with E-state index in [1.54, 1.807) is 6.92 Å². The van der Waals surface area contributed by atoms with E-state index >= 15 is 0 Å². The Balaban J connectivity index is 2.11. The molecule has 0 atom stereocenters. The minimum atomic E-state index is 0.551. The van der Waals surface area contributed by atoms with E-state index in [1.165, 1.54) is 5.56 Å². The summed E-state index contributed by atoms with van der Waals surface area (Å²) < 4.78 is 5.84. The number of hydrogen-bond donors (Lipinski definition) is 1. The van der Waals surface area contributed by atoms with E-state index in [1.807, 2.05) is 31.2 Å². The maximum atomic E-state index is 8.78. The quantitative estimate of drug-likeness (QED) is 0.516. The second-order valence-electron chi connectivity index (χ2n) is 4.94. The highest BCUT2D eigenvalue weighted by Crippen LogP contribution is 2.21. The van der Waals surface area contributed by atoms with Crippen LogP contribution in [0, 0.1) is 13.8 Å². The van der Waals surface area contributed by atoms with Gasteiger partial charge in [-0.15, -0.1) is 0 Å². The van der Waals surface area contributed by atoms with Gasteiger partial charge in [0, 0.05) is 0 Å². The van der Waals surface area contributed by atoms with E-state index in [4.69, 9.17) is 9.94 Å². The van der Waals surface area contributed by atoms with Gasteiger partial charge in [0.2, 0.25) is 0 Å². The van der Waals surface area contributed by atoms with Gasteiger partial charge in [0.25, 0.3) is 0 Å². The molecule has 0 heterocycles. The van der Waals surface area contributed by atoms with E-state index in [-0.39, 0.29) is 0 Å². The van der Waals surface area contributed by atoms with Gasteiger partial charge in [0.15, 0.2) is 0 Å². The van der Waals surface area contributed by atoms with E-state index in [9.17, 15) is 0 Å². The third-order valence-corrected chi connectivity index (χ3v) is 3.22. The van der Waals surface area contributed by atoms with Crippen LogP contribution in [0.3, 0.4) is 0 Å². The zero-order chi connectivity index (χ0) is 14.5. The maximum absolute atomic E-state index is 8.78. The van der Waals surface area contributed by atoms with Crippen molar-refractivity contribution in [2.75, 3.05) is 0 Å². The SMILES string of the molecule is C/C(=N\O)c1ccc(OCc2cccc(C)c2)c(C)c1. The largest absolute Gasteiger partial charge is 0.489 e. The predicted molar refractivity (Wildman–Crippen MR) is 80.7 cm³/mol. The molecule has 0 fully saturated rings. The predicted octanol–water partition coefficient (Wildman–Crippen LogP) is 4.08. The number of ether oxygens (including phenoxy) is 1. The summed E-state index contributed by atoms with van der Waals surface area (Å²) in [4.78, 5) is 0. The lowest BCUT2D eigenvalue weighted by atomic mass is 10.1. The zero-order valence-electron chi connectivity index (χ0n) is 12.1.